The van der Waals surface area contributed by atoms with Crippen molar-refractivity contribution in [3.63, 3.8) is 0 Å². The topological polar surface area (TPSA) is 67.5 Å². The summed E-state index contributed by atoms with van der Waals surface area (Å²) in [6.07, 6.45) is 0. The molecule has 2 rings (SSSR count). The van der Waals surface area contributed by atoms with Crippen molar-refractivity contribution in [2.75, 3.05) is 7.11 Å². The molecule has 0 unspecified atom stereocenters. The summed E-state index contributed by atoms with van der Waals surface area (Å²) in [7, 11) is 0.113. The summed E-state index contributed by atoms with van der Waals surface area (Å²) in [5.41, 5.74) is 4.57. The van der Waals surface area contributed by atoms with Gasteiger partial charge in [0.1, 0.15) is 5.75 Å². The van der Waals surface area contributed by atoms with Crippen molar-refractivity contribution < 1.29 is 14.8 Å². The average molecular weight is 274 g/mol. The molecule has 5 nitrogen and oxygen atoms in total. The molecule has 0 saturated heterocycles. The van der Waals surface area contributed by atoms with Gasteiger partial charge >= 0.3 is 7.12 Å². The van der Waals surface area contributed by atoms with Gasteiger partial charge in [-0.15, -0.1) is 0 Å². The van der Waals surface area contributed by atoms with Crippen LogP contribution in [0.1, 0.15) is 22.5 Å². The van der Waals surface area contributed by atoms with E-state index in [-0.39, 0.29) is 0 Å². The van der Waals surface area contributed by atoms with E-state index in [1.165, 1.54) is 5.56 Å². The van der Waals surface area contributed by atoms with E-state index in [2.05, 4.69) is 5.10 Å². The molecule has 0 bridgehead atoms. The number of methoxy groups -OCH3 is 1. The summed E-state index contributed by atoms with van der Waals surface area (Å²) in [4.78, 5) is 0. The molecule has 2 N–H and O–H groups in total. The molecule has 1 aromatic carbocycles. The standard InChI is InChI=1S/C14H19BN2O3/c1-9-10(2)16-17(11(9)3)8-12-7-13(15(18)19)5-6-14(12)20-4/h5-7,18-19H,8H2,1-4H3. The maximum absolute atomic E-state index is 9.27. The predicted octanol–water partition coefficient (Wildman–Crippen LogP) is 0.545. The van der Waals surface area contributed by atoms with E-state index in [4.69, 9.17) is 4.74 Å². The minimum Gasteiger partial charge on any atom is -0.496 e. The number of rotatable bonds is 4. The van der Waals surface area contributed by atoms with E-state index in [9.17, 15) is 10.0 Å². The molecule has 20 heavy (non-hydrogen) atoms. The van der Waals surface area contributed by atoms with Gasteiger partial charge in [0.05, 0.1) is 19.3 Å². The number of ether oxygens (including phenoxy) is 1. The van der Waals surface area contributed by atoms with Gasteiger partial charge in [0.2, 0.25) is 0 Å². The molecule has 1 heterocycles. The third kappa shape index (κ3) is 2.71. The molecule has 0 fully saturated rings. The highest BCUT2D eigenvalue weighted by Gasteiger charge is 2.15. The van der Waals surface area contributed by atoms with Gasteiger partial charge < -0.3 is 14.8 Å². The van der Waals surface area contributed by atoms with Gasteiger partial charge in [-0.1, -0.05) is 12.1 Å². The molecule has 0 aliphatic heterocycles. The van der Waals surface area contributed by atoms with Crippen LogP contribution in [0.25, 0.3) is 0 Å². The summed E-state index contributed by atoms with van der Waals surface area (Å²) in [5.74, 6) is 0.708. The Balaban J connectivity index is 2.40. The molecule has 1 aromatic heterocycles. The lowest BCUT2D eigenvalue weighted by Gasteiger charge is -2.12. The summed E-state index contributed by atoms with van der Waals surface area (Å²) in [6.45, 7) is 6.57. The molecule has 106 valence electrons. The number of aryl methyl sites for hydroxylation is 1. The number of nitrogens with zero attached hydrogens (tertiary/aromatic N) is 2. The van der Waals surface area contributed by atoms with Crippen LogP contribution in [0.4, 0.5) is 0 Å². The third-order valence-electron chi connectivity index (χ3n) is 3.67. The highest BCUT2D eigenvalue weighted by atomic mass is 16.5. The van der Waals surface area contributed by atoms with Crippen molar-refractivity contribution in [2.45, 2.75) is 27.3 Å². The van der Waals surface area contributed by atoms with E-state index >= 15 is 0 Å². The molecule has 2 aromatic rings. The van der Waals surface area contributed by atoms with E-state index in [0.717, 1.165) is 17.0 Å². The van der Waals surface area contributed by atoms with Crippen LogP contribution >= 0.6 is 0 Å². The van der Waals surface area contributed by atoms with Crippen LogP contribution in [0.2, 0.25) is 0 Å². The fourth-order valence-corrected chi connectivity index (χ4v) is 2.18. The van der Waals surface area contributed by atoms with Crippen LogP contribution in [0, 0.1) is 20.8 Å². The van der Waals surface area contributed by atoms with Gasteiger partial charge in [0.15, 0.2) is 0 Å². The van der Waals surface area contributed by atoms with E-state index in [1.54, 1.807) is 25.3 Å². The van der Waals surface area contributed by atoms with Crippen molar-refractivity contribution in [2.24, 2.45) is 0 Å². The zero-order chi connectivity index (χ0) is 14.9. The quantitative estimate of drug-likeness (QED) is 0.799. The Morgan fingerprint density at radius 2 is 1.95 bits per heavy atom. The second-order valence-corrected chi connectivity index (χ2v) is 4.90. The van der Waals surface area contributed by atoms with E-state index < -0.39 is 7.12 Å². The van der Waals surface area contributed by atoms with Gasteiger partial charge in [-0.05, 0) is 37.9 Å². The maximum Gasteiger partial charge on any atom is 0.488 e. The first kappa shape index (κ1) is 14.6. The van der Waals surface area contributed by atoms with Gasteiger partial charge in [-0.2, -0.15) is 5.10 Å². The summed E-state index contributed by atoms with van der Waals surface area (Å²) < 4.78 is 7.22. The smallest absolute Gasteiger partial charge is 0.488 e. The minimum absolute atomic E-state index is 0.444. The maximum atomic E-state index is 9.27. The summed E-state index contributed by atoms with van der Waals surface area (Å²) >= 11 is 0. The first-order chi connectivity index (χ1) is 9.43. The number of hydrogen-bond acceptors (Lipinski definition) is 4. The van der Waals surface area contributed by atoms with Crippen molar-refractivity contribution in [1.29, 1.82) is 0 Å². The van der Waals surface area contributed by atoms with Crippen molar-refractivity contribution in [3.8, 4) is 5.75 Å². The second-order valence-electron chi connectivity index (χ2n) is 4.90. The van der Waals surface area contributed by atoms with E-state index in [0.29, 0.717) is 17.8 Å². The average Bonchev–Trinajstić information content (AvgIpc) is 2.66. The van der Waals surface area contributed by atoms with Gasteiger partial charge in [-0.25, -0.2) is 0 Å². The zero-order valence-electron chi connectivity index (χ0n) is 12.2. The van der Waals surface area contributed by atoms with Gasteiger partial charge in [-0.3, -0.25) is 4.68 Å². The van der Waals surface area contributed by atoms with Gasteiger partial charge in [0, 0.05) is 11.3 Å². The minimum atomic E-state index is -1.48. The second kappa shape index (κ2) is 5.69. The van der Waals surface area contributed by atoms with Crippen molar-refractivity contribution >= 4 is 12.6 Å². The van der Waals surface area contributed by atoms with Crippen LogP contribution in [-0.2, 0) is 6.54 Å². The van der Waals surface area contributed by atoms with Crippen LogP contribution in [0.5, 0.6) is 5.75 Å². The lowest BCUT2D eigenvalue weighted by molar-refractivity contribution is 0.406. The monoisotopic (exact) mass is 274 g/mol. The molecule has 6 heteroatoms. The van der Waals surface area contributed by atoms with E-state index in [1.807, 2.05) is 25.5 Å². The zero-order valence-corrected chi connectivity index (χ0v) is 12.2. The Hall–Kier alpha value is -1.79. The molecule has 0 radical (unpaired) electrons. The number of benzene rings is 1. The lowest BCUT2D eigenvalue weighted by Crippen LogP contribution is -2.30. The van der Waals surface area contributed by atoms with Crippen LogP contribution in [0.3, 0.4) is 0 Å². The molecule has 0 aliphatic rings. The molecule has 0 spiro atoms. The fourth-order valence-electron chi connectivity index (χ4n) is 2.18. The number of aromatic nitrogens is 2. The first-order valence-corrected chi connectivity index (χ1v) is 6.47. The molecule has 0 aliphatic carbocycles. The Morgan fingerprint density at radius 1 is 1.25 bits per heavy atom. The Morgan fingerprint density at radius 3 is 2.45 bits per heavy atom. The largest absolute Gasteiger partial charge is 0.496 e. The third-order valence-corrected chi connectivity index (χ3v) is 3.67. The normalized spacial score (nSPS) is 10.7. The summed E-state index contributed by atoms with van der Waals surface area (Å²) in [5, 5.41) is 23.0. The van der Waals surface area contributed by atoms with Crippen LogP contribution in [-0.4, -0.2) is 34.1 Å². The Kier molecular flexibility index (Phi) is 4.16. The highest BCUT2D eigenvalue weighted by Crippen LogP contribution is 2.20. The van der Waals surface area contributed by atoms with Crippen LogP contribution in [0.15, 0.2) is 18.2 Å². The first-order valence-electron chi connectivity index (χ1n) is 6.47. The molecular formula is C14H19BN2O3. The van der Waals surface area contributed by atoms with Crippen molar-refractivity contribution in [1.82, 2.24) is 9.78 Å². The van der Waals surface area contributed by atoms with Crippen molar-refractivity contribution in [3.05, 3.63) is 40.7 Å². The lowest BCUT2D eigenvalue weighted by atomic mass is 9.79. The fraction of sp³-hybridized carbons (Fsp3) is 0.357. The molecular weight excluding hydrogens is 255 g/mol. The predicted molar refractivity (Wildman–Crippen MR) is 78.4 cm³/mol. The SMILES string of the molecule is COc1ccc(B(O)O)cc1Cn1nc(C)c(C)c1C. The highest BCUT2D eigenvalue weighted by molar-refractivity contribution is 6.58. The van der Waals surface area contributed by atoms with Gasteiger partial charge in [0.25, 0.3) is 0 Å². The Labute approximate surface area is 119 Å². The van der Waals surface area contributed by atoms with Crippen LogP contribution < -0.4 is 10.2 Å². The molecule has 0 atom stereocenters. The molecule has 0 amide bonds. The number of hydrogen-bond donors (Lipinski definition) is 2. The Bertz CT molecular complexity index is 623. The molecule has 0 saturated carbocycles. The summed E-state index contributed by atoms with van der Waals surface area (Å²) in [6, 6.07) is 5.11.